The van der Waals surface area contributed by atoms with Crippen LogP contribution in [0.2, 0.25) is 0 Å². The van der Waals surface area contributed by atoms with Crippen molar-refractivity contribution in [3.8, 4) is 5.75 Å². The first-order valence-electron chi connectivity index (χ1n) is 9.17. The van der Waals surface area contributed by atoms with Crippen molar-refractivity contribution >= 4 is 15.7 Å². The van der Waals surface area contributed by atoms with Crippen molar-refractivity contribution in [1.82, 2.24) is 0 Å². The van der Waals surface area contributed by atoms with Crippen LogP contribution < -0.4 is 14.8 Å². The maximum absolute atomic E-state index is 13.7. The molecule has 1 aliphatic rings. The van der Waals surface area contributed by atoms with Gasteiger partial charge in [-0.15, -0.1) is 0 Å². The maximum Gasteiger partial charge on any atom is 0.270 e. The molecular formula is C20H24F2N2O3S. The second-order valence-corrected chi connectivity index (χ2v) is 8.84. The average Bonchev–Trinajstić information content (AvgIpc) is 2.66. The maximum atomic E-state index is 13.7. The summed E-state index contributed by atoms with van der Waals surface area (Å²) in [7, 11) is -4.07. The van der Waals surface area contributed by atoms with Gasteiger partial charge in [0.25, 0.3) is 15.9 Å². The number of benzene rings is 2. The van der Waals surface area contributed by atoms with E-state index >= 15 is 0 Å². The van der Waals surface area contributed by atoms with Crippen LogP contribution in [0, 0.1) is 0 Å². The Morgan fingerprint density at radius 2 is 2.00 bits per heavy atom. The molecule has 2 N–H and O–H groups in total. The Hall–Kier alpha value is -2.19. The van der Waals surface area contributed by atoms with Gasteiger partial charge in [-0.3, -0.25) is 4.31 Å². The van der Waals surface area contributed by atoms with Gasteiger partial charge in [-0.05, 0) is 36.2 Å². The van der Waals surface area contributed by atoms with Gasteiger partial charge >= 0.3 is 0 Å². The lowest BCUT2D eigenvalue weighted by Crippen LogP contribution is -2.46. The van der Waals surface area contributed by atoms with Crippen molar-refractivity contribution in [1.29, 1.82) is 0 Å². The van der Waals surface area contributed by atoms with Gasteiger partial charge in [-0.2, -0.15) is 0 Å². The van der Waals surface area contributed by atoms with Gasteiger partial charge < -0.3 is 10.5 Å². The first-order chi connectivity index (χ1) is 13.2. The van der Waals surface area contributed by atoms with E-state index in [1.807, 2.05) is 13.0 Å². The third kappa shape index (κ3) is 3.98. The number of aryl methyl sites for hydroxylation is 1. The van der Waals surface area contributed by atoms with Gasteiger partial charge in [0.05, 0.1) is 17.1 Å². The van der Waals surface area contributed by atoms with E-state index in [9.17, 15) is 17.2 Å². The van der Waals surface area contributed by atoms with Crippen molar-refractivity contribution in [3.05, 3.63) is 53.6 Å². The van der Waals surface area contributed by atoms with Gasteiger partial charge in [0.1, 0.15) is 11.9 Å². The summed E-state index contributed by atoms with van der Waals surface area (Å²) in [6, 6.07) is 10.3. The van der Waals surface area contributed by atoms with E-state index < -0.39 is 22.0 Å². The number of nitrogens with zero attached hydrogens (tertiary/aromatic N) is 1. The van der Waals surface area contributed by atoms with Gasteiger partial charge in [-0.25, -0.2) is 17.2 Å². The molecule has 0 saturated carbocycles. The zero-order valence-corrected chi connectivity index (χ0v) is 16.7. The minimum absolute atomic E-state index is 0.0220. The second-order valence-electron chi connectivity index (χ2n) is 6.98. The smallest absolute Gasteiger partial charge is 0.270 e. The van der Waals surface area contributed by atoms with E-state index in [0.717, 1.165) is 31.4 Å². The molecule has 1 aliphatic heterocycles. The van der Waals surface area contributed by atoms with Crippen LogP contribution in [0.5, 0.6) is 5.75 Å². The summed E-state index contributed by atoms with van der Waals surface area (Å²) in [5.74, 6) is -2.72. The number of nitrogens with two attached hydrogens (primary N) is 1. The predicted molar refractivity (Wildman–Crippen MR) is 104 cm³/mol. The van der Waals surface area contributed by atoms with E-state index in [0.29, 0.717) is 11.4 Å². The number of anilines is 1. The summed E-state index contributed by atoms with van der Waals surface area (Å²) in [6.07, 6.45) is 1.18. The van der Waals surface area contributed by atoms with E-state index in [1.165, 1.54) is 22.5 Å². The summed E-state index contributed by atoms with van der Waals surface area (Å²) in [5, 5.41) is 0. The second kappa shape index (κ2) is 7.67. The van der Waals surface area contributed by atoms with Crippen molar-refractivity contribution in [3.63, 3.8) is 0 Å². The van der Waals surface area contributed by atoms with Crippen LogP contribution in [0.4, 0.5) is 14.5 Å². The summed E-state index contributed by atoms with van der Waals surface area (Å²) in [5.41, 5.74) is 6.75. The van der Waals surface area contributed by atoms with Gasteiger partial charge in [0.2, 0.25) is 0 Å². The number of ether oxygens (including phenoxy) is 1. The highest BCUT2D eigenvalue weighted by atomic mass is 32.2. The number of fused-ring (bicyclic) bond motifs is 1. The third-order valence-corrected chi connectivity index (χ3v) is 6.46. The molecule has 8 heteroatoms. The zero-order chi connectivity index (χ0) is 20.5. The van der Waals surface area contributed by atoms with Crippen LogP contribution in [-0.2, 0) is 22.4 Å². The highest BCUT2D eigenvalue weighted by molar-refractivity contribution is 7.92. The van der Waals surface area contributed by atoms with Gasteiger partial charge in [0, 0.05) is 19.0 Å². The highest BCUT2D eigenvalue weighted by Crippen LogP contribution is 2.38. The molecule has 0 fully saturated rings. The highest BCUT2D eigenvalue weighted by Gasteiger charge is 2.35. The largest absolute Gasteiger partial charge is 0.485 e. The van der Waals surface area contributed by atoms with Crippen LogP contribution >= 0.6 is 0 Å². The Labute approximate surface area is 164 Å². The molecule has 0 bridgehead atoms. The lowest BCUT2D eigenvalue weighted by atomic mass is 10.1. The standard InChI is InChI=1S/C20H24F2N2O3S/c1-3-5-14-8-9-19-18(10-14)24(13-16(12-23)27-19)28(25,26)17-7-4-6-15(11-17)20(2,21)22/h4,6-11,16H,3,5,12-13,23H2,1-2H3. The molecule has 1 heterocycles. The molecule has 2 aromatic carbocycles. The molecule has 1 unspecified atom stereocenters. The molecule has 0 spiro atoms. The van der Waals surface area contributed by atoms with E-state index in [2.05, 4.69) is 0 Å². The zero-order valence-electron chi connectivity index (χ0n) is 15.9. The molecule has 0 aliphatic carbocycles. The number of rotatable bonds is 6. The Morgan fingerprint density at radius 1 is 1.25 bits per heavy atom. The summed E-state index contributed by atoms with van der Waals surface area (Å²) >= 11 is 0. The molecule has 0 radical (unpaired) electrons. The third-order valence-electron chi connectivity index (χ3n) is 4.69. The number of hydrogen-bond acceptors (Lipinski definition) is 4. The first-order valence-corrected chi connectivity index (χ1v) is 10.6. The number of halogens is 2. The topological polar surface area (TPSA) is 72.6 Å². The quantitative estimate of drug-likeness (QED) is 0.789. The summed E-state index contributed by atoms with van der Waals surface area (Å²) in [4.78, 5) is -0.184. The fourth-order valence-corrected chi connectivity index (χ4v) is 4.75. The molecule has 2 aromatic rings. The summed E-state index contributed by atoms with van der Waals surface area (Å²) < 4.78 is 61.1. The van der Waals surface area contributed by atoms with E-state index in [4.69, 9.17) is 10.5 Å². The normalized spacial score (nSPS) is 17.2. The van der Waals surface area contributed by atoms with Crippen LogP contribution in [0.15, 0.2) is 47.4 Å². The lowest BCUT2D eigenvalue weighted by molar-refractivity contribution is 0.0172. The van der Waals surface area contributed by atoms with Crippen LogP contribution in [0.3, 0.4) is 0 Å². The Kier molecular flexibility index (Phi) is 5.63. The molecule has 5 nitrogen and oxygen atoms in total. The molecule has 3 rings (SSSR count). The fraction of sp³-hybridized carbons (Fsp3) is 0.400. The van der Waals surface area contributed by atoms with Gasteiger partial charge in [-0.1, -0.05) is 31.5 Å². The fourth-order valence-electron chi connectivity index (χ4n) is 3.21. The lowest BCUT2D eigenvalue weighted by Gasteiger charge is -2.35. The minimum atomic E-state index is -4.07. The average molecular weight is 410 g/mol. The Morgan fingerprint density at radius 3 is 2.64 bits per heavy atom. The molecule has 1 atom stereocenters. The van der Waals surface area contributed by atoms with E-state index in [-0.39, 0.29) is 23.5 Å². The monoisotopic (exact) mass is 410 g/mol. The first kappa shape index (κ1) is 20.5. The molecule has 0 aromatic heterocycles. The summed E-state index contributed by atoms with van der Waals surface area (Å²) in [6.45, 7) is 2.93. The SMILES string of the molecule is CCCc1ccc2c(c1)N(S(=O)(=O)c1cccc(C(C)(F)F)c1)CC(CN)O2. The van der Waals surface area contributed by atoms with Gasteiger partial charge in [0.15, 0.2) is 0 Å². The predicted octanol–water partition coefficient (Wildman–Crippen LogP) is 3.67. The van der Waals surface area contributed by atoms with E-state index in [1.54, 1.807) is 12.1 Å². The molecule has 0 saturated heterocycles. The number of sulfonamides is 1. The Bertz CT molecular complexity index is 958. The number of hydrogen-bond donors (Lipinski definition) is 1. The minimum Gasteiger partial charge on any atom is -0.485 e. The Balaban J connectivity index is 2.10. The molecule has 0 amide bonds. The van der Waals surface area contributed by atoms with Crippen molar-refractivity contribution in [2.75, 3.05) is 17.4 Å². The molecule has 152 valence electrons. The van der Waals surface area contributed by atoms with Crippen molar-refractivity contribution in [2.45, 2.75) is 43.6 Å². The number of alkyl halides is 2. The van der Waals surface area contributed by atoms with Crippen molar-refractivity contribution < 1.29 is 21.9 Å². The van der Waals surface area contributed by atoms with Crippen LogP contribution in [0.25, 0.3) is 0 Å². The van der Waals surface area contributed by atoms with Crippen LogP contribution in [-0.4, -0.2) is 27.6 Å². The molecule has 28 heavy (non-hydrogen) atoms. The van der Waals surface area contributed by atoms with Crippen LogP contribution in [0.1, 0.15) is 31.4 Å². The molecular weight excluding hydrogens is 386 g/mol. The van der Waals surface area contributed by atoms with Crippen molar-refractivity contribution in [2.24, 2.45) is 5.73 Å².